The van der Waals surface area contributed by atoms with Crippen LogP contribution < -0.4 is 0 Å². The number of morpholine rings is 1. The van der Waals surface area contributed by atoms with Crippen molar-refractivity contribution in [3.05, 3.63) is 55.0 Å². The molecule has 0 bridgehead atoms. The minimum absolute atomic E-state index is 0.00988. The molecule has 0 spiro atoms. The van der Waals surface area contributed by atoms with Gasteiger partial charge in [0.1, 0.15) is 10.6 Å². The molecule has 0 saturated carbocycles. The first-order valence-corrected chi connectivity index (χ1v) is 9.62. The minimum atomic E-state index is -0.601. The Balaban J connectivity index is 1.66. The van der Waals surface area contributed by atoms with Crippen molar-refractivity contribution in [3.63, 3.8) is 0 Å². The Bertz CT molecular complexity index is 838. The third-order valence-electron chi connectivity index (χ3n) is 4.19. The maximum atomic E-state index is 12.6. The molecular formula is C17H19ClN4O4S. The fourth-order valence-corrected chi connectivity index (χ4v) is 3.79. The molecule has 2 aromatic rings. The molecule has 0 N–H and O–H groups in total. The maximum absolute atomic E-state index is 12.6. The third kappa shape index (κ3) is 5.01. The van der Waals surface area contributed by atoms with Gasteiger partial charge in [-0.25, -0.2) is 4.98 Å². The highest BCUT2D eigenvalue weighted by molar-refractivity contribution is 7.09. The van der Waals surface area contributed by atoms with E-state index in [0.29, 0.717) is 0 Å². The summed E-state index contributed by atoms with van der Waals surface area (Å²) >= 11 is 7.35. The SMILES string of the molecule is CN(Cc1csc(CN2CCOCC2)n1)C(=O)c1ccc(Cl)cc1[N+](=O)[O-]. The first-order chi connectivity index (χ1) is 12.9. The fourth-order valence-electron chi connectivity index (χ4n) is 2.80. The van der Waals surface area contributed by atoms with Gasteiger partial charge in [-0.15, -0.1) is 11.3 Å². The lowest BCUT2D eigenvalue weighted by atomic mass is 10.1. The zero-order chi connectivity index (χ0) is 19.4. The molecule has 1 aromatic heterocycles. The molecule has 2 heterocycles. The van der Waals surface area contributed by atoms with Gasteiger partial charge in [-0.1, -0.05) is 11.6 Å². The van der Waals surface area contributed by atoms with Crippen molar-refractivity contribution in [1.29, 1.82) is 0 Å². The molecule has 1 aromatic carbocycles. The average Bonchev–Trinajstić information content (AvgIpc) is 3.08. The van der Waals surface area contributed by atoms with Gasteiger partial charge in [0.2, 0.25) is 0 Å². The zero-order valence-electron chi connectivity index (χ0n) is 14.8. The Labute approximate surface area is 165 Å². The van der Waals surface area contributed by atoms with Crippen LogP contribution in [0.1, 0.15) is 21.1 Å². The van der Waals surface area contributed by atoms with Gasteiger partial charge in [0, 0.05) is 36.6 Å². The smallest absolute Gasteiger partial charge is 0.283 e. The summed E-state index contributed by atoms with van der Waals surface area (Å²) in [6, 6.07) is 4.04. The summed E-state index contributed by atoms with van der Waals surface area (Å²) in [5.74, 6) is -0.443. The Morgan fingerprint density at radius 2 is 2.19 bits per heavy atom. The van der Waals surface area contributed by atoms with Gasteiger partial charge in [0.25, 0.3) is 11.6 Å². The highest BCUT2D eigenvalue weighted by Gasteiger charge is 2.24. The largest absolute Gasteiger partial charge is 0.379 e. The van der Waals surface area contributed by atoms with E-state index in [1.54, 1.807) is 18.4 Å². The number of nitrogens with zero attached hydrogens (tertiary/aromatic N) is 4. The Hall–Kier alpha value is -2.07. The molecular weight excluding hydrogens is 392 g/mol. The summed E-state index contributed by atoms with van der Waals surface area (Å²) in [5, 5.41) is 14.3. The van der Waals surface area contributed by atoms with Crippen LogP contribution in [0.4, 0.5) is 5.69 Å². The monoisotopic (exact) mass is 410 g/mol. The predicted molar refractivity (Wildman–Crippen MR) is 102 cm³/mol. The fraction of sp³-hybridized carbons (Fsp3) is 0.412. The number of carbonyl (C=O) groups excluding carboxylic acids is 1. The lowest BCUT2D eigenvalue weighted by Gasteiger charge is -2.25. The molecule has 144 valence electrons. The van der Waals surface area contributed by atoms with E-state index in [4.69, 9.17) is 16.3 Å². The highest BCUT2D eigenvalue weighted by atomic mass is 35.5. The number of hydrogen-bond acceptors (Lipinski definition) is 7. The molecule has 0 radical (unpaired) electrons. The van der Waals surface area contributed by atoms with Gasteiger partial charge in [-0.2, -0.15) is 0 Å². The summed E-state index contributed by atoms with van der Waals surface area (Å²) in [7, 11) is 1.60. The van der Waals surface area contributed by atoms with Crippen molar-refractivity contribution >= 4 is 34.5 Å². The molecule has 1 aliphatic heterocycles. The lowest BCUT2D eigenvalue weighted by Crippen LogP contribution is -2.35. The number of amides is 1. The van der Waals surface area contributed by atoms with E-state index in [1.807, 2.05) is 5.38 Å². The standard InChI is InChI=1S/C17H19ClN4O4S/c1-20(17(23)14-3-2-12(18)8-15(14)22(24)25)9-13-11-27-16(19-13)10-21-4-6-26-7-5-21/h2-3,8,11H,4-7,9-10H2,1H3. The van der Waals surface area contributed by atoms with E-state index in [1.165, 1.54) is 23.1 Å². The van der Waals surface area contributed by atoms with Gasteiger partial charge >= 0.3 is 0 Å². The first kappa shape index (κ1) is 19.7. The molecule has 0 unspecified atom stereocenters. The van der Waals surface area contributed by atoms with Crippen LogP contribution in [0.3, 0.4) is 0 Å². The van der Waals surface area contributed by atoms with E-state index < -0.39 is 10.8 Å². The first-order valence-electron chi connectivity index (χ1n) is 8.37. The highest BCUT2D eigenvalue weighted by Crippen LogP contribution is 2.25. The average molecular weight is 411 g/mol. The maximum Gasteiger partial charge on any atom is 0.283 e. The number of benzene rings is 1. The number of rotatable bonds is 6. The molecule has 0 atom stereocenters. The number of ether oxygens (including phenoxy) is 1. The van der Waals surface area contributed by atoms with E-state index in [9.17, 15) is 14.9 Å². The molecule has 10 heteroatoms. The van der Waals surface area contributed by atoms with Crippen LogP contribution in [0.25, 0.3) is 0 Å². The van der Waals surface area contributed by atoms with E-state index in [0.717, 1.165) is 43.5 Å². The number of carbonyl (C=O) groups is 1. The summed E-state index contributed by atoms with van der Waals surface area (Å²) in [5.41, 5.74) is 0.469. The van der Waals surface area contributed by atoms with Crippen LogP contribution in [0.15, 0.2) is 23.6 Å². The van der Waals surface area contributed by atoms with Crippen molar-refractivity contribution < 1.29 is 14.5 Å². The van der Waals surface area contributed by atoms with Crippen molar-refractivity contribution in [2.45, 2.75) is 13.1 Å². The topological polar surface area (TPSA) is 88.8 Å². The molecule has 1 fully saturated rings. The summed E-state index contributed by atoms with van der Waals surface area (Å²) in [6.45, 7) is 4.26. The van der Waals surface area contributed by atoms with Crippen molar-refractivity contribution in [2.24, 2.45) is 0 Å². The van der Waals surface area contributed by atoms with E-state index >= 15 is 0 Å². The van der Waals surface area contributed by atoms with Crippen LogP contribution in [0.5, 0.6) is 0 Å². The number of hydrogen-bond donors (Lipinski definition) is 0. The third-order valence-corrected chi connectivity index (χ3v) is 5.31. The van der Waals surface area contributed by atoms with Gasteiger partial charge in [-0.05, 0) is 12.1 Å². The molecule has 8 nitrogen and oxygen atoms in total. The number of thiazole rings is 1. The van der Waals surface area contributed by atoms with Crippen LogP contribution in [-0.4, -0.2) is 59.0 Å². The van der Waals surface area contributed by atoms with Crippen LogP contribution in [-0.2, 0) is 17.8 Å². The van der Waals surface area contributed by atoms with E-state index in [2.05, 4.69) is 9.88 Å². The minimum Gasteiger partial charge on any atom is -0.379 e. The van der Waals surface area contributed by atoms with Crippen molar-refractivity contribution in [2.75, 3.05) is 33.4 Å². The van der Waals surface area contributed by atoms with Gasteiger partial charge in [0.15, 0.2) is 0 Å². The van der Waals surface area contributed by atoms with Crippen LogP contribution in [0.2, 0.25) is 5.02 Å². The normalized spacial score (nSPS) is 14.9. The molecule has 0 aliphatic carbocycles. The second kappa shape index (κ2) is 8.75. The van der Waals surface area contributed by atoms with E-state index in [-0.39, 0.29) is 22.8 Å². The molecule has 1 saturated heterocycles. The zero-order valence-corrected chi connectivity index (χ0v) is 16.3. The second-order valence-corrected chi connectivity index (χ2v) is 7.58. The van der Waals surface area contributed by atoms with Crippen molar-refractivity contribution in [1.82, 2.24) is 14.8 Å². The number of nitro groups is 1. The Morgan fingerprint density at radius 1 is 1.44 bits per heavy atom. The number of halogens is 1. The molecule has 1 amide bonds. The summed E-state index contributed by atoms with van der Waals surface area (Å²) < 4.78 is 5.34. The quantitative estimate of drug-likeness (QED) is 0.537. The lowest BCUT2D eigenvalue weighted by molar-refractivity contribution is -0.385. The number of nitro benzene ring substituents is 1. The molecule has 27 heavy (non-hydrogen) atoms. The summed E-state index contributed by atoms with van der Waals surface area (Å²) in [6.07, 6.45) is 0. The molecule has 3 rings (SSSR count). The Kier molecular flexibility index (Phi) is 6.38. The predicted octanol–water partition coefficient (Wildman–Crippen LogP) is 2.81. The summed E-state index contributed by atoms with van der Waals surface area (Å²) in [4.78, 5) is 31.5. The van der Waals surface area contributed by atoms with Gasteiger partial charge in [0.05, 0.1) is 36.9 Å². The van der Waals surface area contributed by atoms with Crippen LogP contribution >= 0.6 is 22.9 Å². The van der Waals surface area contributed by atoms with Crippen molar-refractivity contribution in [3.8, 4) is 0 Å². The van der Waals surface area contributed by atoms with Gasteiger partial charge in [-0.3, -0.25) is 19.8 Å². The number of aromatic nitrogens is 1. The van der Waals surface area contributed by atoms with Gasteiger partial charge < -0.3 is 9.64 Å². The molecule has 1 aliphatic rings. The van der Waals surface area contributed by atoms with Crippen LogP contribution in [0, 0.1) is 10.1 Å². The second-order valence-electron chi connectivity index (χ2n) is 6.20. The Morgan fingerprint density at radius 3 is 2.89 bits per heavy atom.